The maximum Gasteiger partial charge on any atom is 0.255 e. The number of likely N-dealkylation sites (tertiary alicyclic amines) is 1. The molecule has 2 saturated heterocycles. The van der Waals surface area contributed by atoms with Gasteiger partial charge in [-0.3, -0.25) is 9.59 Å². The third-order valence-corrected chi connectivity index (χ3v) is 7.51. The van der Waals surface area contributed by atoms with Gasteiger partial charge in [-0.2, -0.15) is 0 Å². The maximum absolute atomic E-state index is 13.9. The van der Waals surface area contributed by atoms with Crippen LogP contribution in [0.15, 0.2) is 48.5 Å². The van der Waals surface area contributed by atoms with Crippen LogP contribution in [0.3, 0.4) is 0 Å². The molecule has 0 aromatic heterocycles. The predicted molar refractivity (Wildman–Crippen MR) is 128 cm³/mol. The molecule has 2 amide bonds. The summed E-state index contributed by atoms with van der Waals surface area (Å²) in [5, 5.41) is 2.59. The van der Waals surface area contributed by atoms with Crippen molar-refractivity contribution in [3.05, 3.63) is 65.5 Å². The molecule has 0 radical (unpaired) electrons. The third kappa shape index (κ3) is 5.68. The number of methoxy groups -OCH3 is 1. The lowest BCUT2D eigenvalue weighted by Gasteiger charge is -2.30. The van der Waals surface area contributed by atoms with Gasteiger partial charge in [-0.25, -0.2) is 4.39 Å². The summed E-state index contributed by atoms with van der Waals surface area (Å²) in [7, 11) is 1.57. The first-order valence-corrected chi connectivity index (χ1v) is 12.5. The van der Waals surface area contributed by atoms with Gasteiger partial charge in [-0.1, -0.05) is 18.6 Å². The Bertz CT molecular complexity index is 966. The van der Waals surface area contributed by atoms with E-state index in [-0.39, 0.29) is 17.6 Å². The molecule has 6 nitrogen and oxygen atoms in total. The van der Waals surface area contributed by atoms with Crippen molar-refractivity contribution in [2.24, 2.45) is 0 Å². The van der Waals surface area contributed by atoms with E-state index in [0.717, 1.165) is 19.6 Å². The van der Waals surface area contributed by atoms with Crippen molar-refractivity contribution in [3.63, 3.8) is 0 Å². The lowest BCUT2D eigenvalue weighted by atomic mass is 10.1. The second-order valence-electron chi connectivity index (χ2n) is 8.39. The van der Waals surface area contributed by atoms with Crippen molar-refractivity contribution < 1.29 is 18.7 Å². The minimum atomic E-state index is -0.626. The summed E-state index contributed by atoms with van der Waals surface area (Å²) in [6.07, 6.45) is 3.67. The zero-order valence-corrected chi connectivity index (χ0v) is 19.7. The summed E-state index contributed by atoms with van der Waals surface area (Å²) in [6.45, 7) is 3.50. The molecule has 2 aliphatic rings. The van der Waals surface area contributed by atoms with Gasteiger partial charge in [-0.15, -0.1) is 11.8 Å². The zero-order chi connectivity index (χ0) is 23.2. The van der Waals surface area contributed by atoms with E-state index in [1.807, 2.05) is 0 Å². The van der Waals surface area contributed by atoms with Crippen molar-refractivity contribution in [1.29, 1.82) is 0 Å². The van der Waals surface area contributed by atoms with Gasteiger partial charge in [0.15, 0.2) is 0 Å². The normalized spacial score (nSPS) is 21.1. The number of amides is 2. The molecule has 2 atom stereocenters. The Morgan fingerprint density at radius 1 is 1.12 bits per heavy atom. The SMILES string of the molecule is COc1ccc(C(=O)N2C(C(=O)NCCN3CCCCC3)CSC2c2cccc(F)c2)cc1. The second kappa shape index (κ2) is 11.0. The van der Waals surface area contributed by atoms with Gasteiger partial charge in [0.05, 0.1) is 7.11 Å². The number of thioether (sulfide) groups is 1. The molecule has 0 saturated carbocycles. The Balaban J connectivity index is 1.51. The van der Waals surface area contributed by atoms with Crippen LogP contribution in [0, 0.1) is 5.82 Å². The van der Waals surface area contributed by atoms with E-state index in [4.69, 9.17) is 4.74 Å². The first-order chi connectivity index (χ1) is 16.1. The molecule has 4 rings (SSSR count). The lowest BCUT2D eigenvalue weighted by Crippen LogP contribution is -2.49. The van der Waals surface area contributed by atoms with E-state index in [1.54, 1.807) is 48.4 Å². The molecule has 2 aromatic rings. The molecular weight excluding hydrogens is 441 g/mol. The third-order valence-electron chi connectivity index (χ3n) is 6.18. The number of rotatable bonds is 7. The fourth-order valence-corrected chi connectivity index (χ4v) is 5.81. The molecule has 2 fully saturated rings. The smallest absolute Gasteiger partial charge is 0.255 e. The summed E-state index contributed by atoms with van der Waals surface area (Å²) in [6, 6.07) is 12.4. The molecule has 0 bridgehead atoms. The van der Waals surface area contributed by atoms with Gasteiger partial charge in [0.1, 0.15) is 23.0 Å². The van der Waals surface area contributed by atoms with Crippen LogP contribution in [-0.4, -0.2) is 66.7 Å². The van der Waals surface area contributed by atoms with Crippen LogP contribution in [0.2, 0.25) is 0 Å². The Morgan fingerprint density at radius 3 is 2.58 bits per heavy atom. The van der Waals surface area contributed by atoms with Crippen molar-refractivity contribution in [2.75, 3.05) is 39.0 Å². The number of hydrogen-bond donors (Lipinski definition) is 1. The van der Waals surface area contributed by atoms with E-state index in [2.05, 4.69) is 10.2 Å². The molecule has 0 aliphatic carbocycles. The minimum absolute atomic E-state index is 0.166. The van der Waals surface area contributed by atoms with Crippen molar-refractivity contribution in [3.8, 4) is 5.75 Å². The summed E-state index contributed by atoms with van der Waals surface area (Å²) in [4.78, 5) is 30.6. The van der Waals surface area contributed by atoms with Crippen LogP contribution in [0.4, 0.5) is 4.39 Å². The number of carbonyl (C=O) groups is 2. The van der Waals surface area contributed by atoms with Gasteiger partial charge in [0.2, 0.25) is 5.91 Å². The number of nitrogens with one attached hydrogen (secondary N) is 1. The molecule has 8 heteroatoms. The average molecular weight is 472 g/mol. The lowest BCUT2D eigenvalue weighted by molar-refractivity contribution is -0.124. The zero-order valence-electron chi connectivity index (χ0n) is 18.8. The van der Waals surface area contributed by atoms with E-state index in [1.165, 1.54) is 43.2 Å². The first kappa shape index (κ1) is 23.6. The van der Waals surface area contributed by atoms with Gasteiger partial charge in [-0.05, 0) is 67.9 Å². The van der Waals surface area contributed by atoms with Gasteiger partial charge in [0, 0.05) is 24.4 Å². The molecule has 0 spiro atoms. The number of nitrogens with zero attached hydrogens (tertiary/aromatic N) is 2. The Hall–Kier alpha value is -2.58. The second-order valence-corrected chi connectivity index (χ2v) is 9.50. The molecule has 2 aliphatic heterocycles. The minimum Gasteiger partial charge on any atom is -0.497 e. The van der Waals surface area contributed by atoms with E-state index in [9.17, 15) is 14.0 Å². The molecule has 33 heavy (non-hydrogen) atoms. The Kier molecular flexibility index (Phi) is 7.88. The number of halogens is 1. The molecule has 176 valence electrons. The van der Waals surface area contributed by atoms with Crippen molar-refractivity contribution in [2.45, 2.75) is 30.7 Å². The topological polar surface area (TPSA) is 61.9 Å². The van der Waals surface area contributed by atoms with Crippen molar-refractivity contribution in [1.82, 2.24) is 15.1 Å². The number of hydrogen-bond acceptors (Lipinski definition) is 5. The van der Waals surface area contributed by atoms with E-state index >= 15 is 0 Å². The quantitative estimate of drug-likeness (QED) is 0.667. The highest BCUT2D eigenvalue weighted by molar-refractivity contribution is 7.99. The number of ether oxygens (including phenoxy) is 1. The standard InChI is InChI=1S/C25H30FN3O3S/c1-32-21-10-8-18(9-11-21)24(31)29-22(17-33-25(29)19-6-5-7-20(26)16-19)23(30)27-12-15-28-13-3-2-4-14-28/h5-11,16,22,25H,2-4,12-15,17H2,1H3,(H,27,30). The highest BCUT2D eigenvalue weighted by atomic mass is 32.2. The molecule has 2 heterocycles. The predicted octanol–water partition coefficient (Wildman–Crippen LogP) is 3.69. The van der Waals surface area contributed by atoms with Crippen molar-refractivity contribution >= 4 is 23.6 Å². The van der Waals surface area contributed by atoms with Gasteiger partial charge < -0.3 is 19.9 Å². The van der Waals surface area contributed by atoms with Gasteiger partial charge in [0.25, 0.3) is 5.91 Å². The van der Waals surface area contributed by atoms with Crippen LogP contribution in [0.1, 0.15) is 40.6 Å². The van der Waals surface area contributed by atoms with Crippen LogP contribution < -0.4 is 10.1 Å². The van der Waals surface area contributed by atoms with Gasteiger partial charge >= 0.3 is 0 Å². The fourth-order valence-electron chi connectivity index (χ4n) is 4.39. The molecule has 2 unspecified atom stereocenters. The van der Waals surface area contributed by atoms with Crippen LogP contribution in [0.5, 0.6) is 5.75 Å². The maximum atomic E-state index is 13.9. The largest absolute Gasteiger partial charge is 0.497 e. The van der Waals surface area contributed by atoms with Crippen LogP contribution in [-0.2, 0) is 4.79 Å². The summed E-state index contributed by atoms with van der Waals surface area (Å²) >= 11 is 1.48. The van der Waals surface area contributed by atoms with Crippen LogP contribution >= 0.6 is 11.8 Å². The number of benzene rings is 2. The van der Waals surface area contributed by atoms with E-state index < -0.39 is 11.4 Å². The first-order valence-electron chi connectivity index (χ1n) is 11.4. The fraction of sp³-hybridized carbons (Fsp3) is 0.440. The average Bonchev–Trinajstić information content (AvgIpc) is 3.30. The highest BCUT2D eigenvalue weighted by Gasteiger charge is 2.42. The Labute approximate surface area is 198 Å². The van der Waals surface area contributed by atoms with E-state index in [0.29, 0.717) is 29.2 Å². The Morgan fingerprint density at radius 2 is 1.88 bits per heavy atom. The summed E-state index contributed by atoms with van der Waals surface area (Å²) in [5.41, 5.74) is 1.14. The number of piperidine rings is 1. The molecule has 1 N–H and O–H groups in total. The summed E-state index contributed by atoms with van der Waals surface area (Å²) < 4.78 is 19.1. The van der Waals surface area contributed by atoms with Crippen LogP contribution in [0.25, 0.3) is 0 Å². The molecule has 2 aromatic carbocycles. The molecular formula is C25H30FN3O3S. The highest BCUT2D eigenvalue weighted by Crippen LogP contribution is 2.42. The number of carbonyl (C=O) groups excluding carboxylic acids is 2. The summed E-state index contributed by atoms with van der Waals surface area (Å²) in [5.74, 6) is 0.322. The monoisotopic (exact) mass is 471 g/mol.